The number of nitrogens with one attached hydrogen (secondary N) is 1. The fourth-order valence-corrected chi connectivity index (χ4v) is 3.92. The molecule has 0 unspecified atom stereocenters. The van der Waals surface area contributed by atoms with Crippen LogP contribution in [0.4, 0.5) is 0 Å². The summed E-state index contributed by atoms with van der Waals surface area (Å²) in [4.78, 5) is 16.4. The van der Waals surface area contributed by atoms with Gasteiger partial charge in [-0.25, -0.2) is 4.98 Å². The number of thioether (sulfide) groups is 1. The van der Waals surface area contributed by atoms with Crippen molar-refractivity contribution in [3.63, 3.8) is 0 Å². The molecule has 1 heterocycles. The smallest absolute Gasteiger partial charge is 0.226 e. The minimum absolute atomic E-state index is 0.0562. The molecule has 0 saturated heterocycles. The van der Waals surface area contributed by atoms with E-state index in [0.717, 1.165) is 46.6 Å². The summed E-state index contributed by atoms with van der Waals surface area (Å²) in [6, 6.07) is 7.84. The highest BCUT2D eigenvalue weighted by atomic mass is 35.5. The van der Waals surface area contributed by atoms with E-state index in [1.54, 1.807) is 23.1 Å². The van der Waals surface area contributed by atoms with Gasteiger partial charge in [0.25, 0.3) is 0 Å². The van der Waals surface area contributed by atoms with Gasteiger partial charge in [0.2, 0.25) is 5.91 Å². The molecule has 0 aliphatic rings. The molecular weight excluding hydrogens is 348 g/mol. The Balaban J connectivity index is 1.74. The van der Waals surface area contributed by atoms with Crippen LogP contribution in [0.1, 0.15) is 37.4 Å². The number of aromatic nitrogens is 1. The van der Waals surface area contributed by atoms with E-state index in [1.165, 1.54) is 5.56 Å². The predicted molar refractivity (Wildman–Crippen MR) is 99.4 cm³/mol. The van der Waals surface area contributed by atoms with Gasteiger partial charge in [-0.2, -0.15) is 0 Å². The number of hydrogen-bond donors (Lipinski definition) is 1. The van der Waals surface area contributed by atoms with E-state index in [-0.39, 0.29) is 5.91 Å². The SMILES string of the molecule is CCCCCNC(=O)Cc1csc(SCc2ccc(Cl)cc2)n1. The van der Waals surface area contributed by atoms with Crippen molar-refractivity contribution in [2.45, 2.75) is 42.7 Å². The number of hydrogen-bond acceptors (Lipinski definition) is 4. The highest BCUT2D eigenvalue weighted by Gasteiger charge is 2.08. The summed E-state index contributed by atoms with van der Waals surface area (Å²) in [5, 5.41) is 5.66. The van der Waals surface area contributed by atoms with Crippen LogP contribution in [0.25, 0.3) is 0 Å². The lowest BCUT2D eigenvalue weighted by Gasteiger charge is -2.02. The van der Waals surface area contributed by atoms with E-state index in [4.69, 9.17) is 11.6 Å². The molecule has 23 heavy (non-hydrogen) atoms. The van der Waals surface area contributed by atoms with Gasteiger partial charge in [0.15, 0.2) is 0 Å². The highest BCUT2D eigenvalue weighted by Crippen LogP contribution is 2.26. The first-order valence-corrected chi connectivity index (χ1v) is 10.00. The van der Waals surface area contributed by atoms with Gasteiger partial charge in [-0.05, 0) is 24.1 Å². The minimum Gasteiger partial charge on any atom is -0.356 e. The summed E-state index contributed by atoms with van der Waals surface area (Å²) in [6.45, 7) is 2.91. The zero-order valence-corrected chi connectivity index (χ0v) is 15.6. The first-order chi connectivity index (χ1) is 11.2. The van der Waals surface area contributed by atoms with Crippen LogP contribution < -0.4 is 5.32 Å². The lowest BCUT2D eigenvalue weighted by Crippen LogP contribution is -2.26. The van der Waals surface area contributed by atoms with Gasteiger partial charge in [0, 0.05) is 22.7 Å². The zero-order valence-electron chi connectivity index (χ0n) is 13.2. The summed E-state index contributed by atoms with van der Waals surface area (Å²) in [6.07, 6.45) is 3.73. The van der Waals surface area contributed by atoms with Gasteiger partial charge < -0.3 is 5.32 Å². The second kappa shape index (κ2) is 9.96. The molecule has 0 fully saturated rings. The van der Waals surface area contributed by atoms with Crippen LogP contribution in [-0.2, 0) is 17.0 Å². The maximum atomic E-state index is 11.8. The molecular formula is C17H21ClN2OS2. The van der Waals surface area contributed by atoms with Gasteiger partial charge in [-0.3, -0.25) is 4.79 Å². The predicted octanol–water partition coefficient (Wildman–Crippen LogP) is 4.94. The van der Waals surface area contributed by atoms with Crippen molar-refractivity contribution in [2.75, 3.05) is 6.54 Å². The molecule has 2 aromatic rings. The Bertz CT molecular complexity index is 613. The second-order valence-corrected chi connectivity index (χ2v) is 7.77. The van der Waals surface area contributed by atoms with Crippen molar-refractivity contribution in [3.05, 3.63) is 45.9 Å². The maximum Gasteiger partial charge on any atom is 0.226 e. The molecule has 3 nitrogen and oxygen atoms in total. The Morgan fingerprint density at radius 1 is 1.30 bits per heavy atom. The molecule has 0 bridgehead atoms. The van der Waals surface area contributed by atoms with Crippen LogP contribution in [0.3, 0.4) is 0 Å². The molecule has 0 radical (unpaired) electrons. The summed E-state index contributed by atoms with van der Waals surface area (Å²) >= 11 is 9.16. The van der Waals surface area contributed by atoms with Crippen LogP contribution in [0, 0.1) is 0 Å². The average molecular weight is 369 g/mol. The normalized spacial score (nSPS) is 10.7. The van der Waals surface area contributed by atoms with Crippen LogP contribution in [0.5, 0.6) is 0 Å². The number of benzene rings is 1. The fourth-order valence-electron chi connectivity index (χ4n) is 1.99. The van der Waals surface area contributed by atoms with Crippen LogP contribution in [-0.4, -0.2) is 17.4 Å². The topological polar surface area (TPSA) is 42.0 Å². The van der Waals surface area contributed by atoms with Gasteiger partial charge in [-0.15, -0.1) is 11.3 Å². The molecule has 124 valence electrons. The molecule has 0 atom stereocenters. The Labute approximate surface area is 150 Å². The lowest BCUT2D eigenvalue weighted by molar-refractivity contribution is -0.120. The van der Waals surface area contributed by atoms with Gasteiger partial charge in [0.1, 0.15) is 4.34 Å². The number of carbonyl (C=O) groups is 1. The quantitative estimate of drug-likeness (QED) is 0.503. The molecule has 0 aliphatic heterocycles. The number of amides is 1. The van der Waals surface area contributed by atoms with Gasteiger partial charge >= 0.3 is 0 Å². The second-order valence-electron chi connectivity index (χ2n) is 5.25. The van der Waals surface area contributed by atoms with Crippen molar-refractivity contribution < 1.29 is 4.79 Å². The van der Waals surface area contributed by atoms with E-state index in [1.807, 2.05) is 29.6 Å². The summed E-state index contributed by atoms with van der Waals surface area (Å²) < 4.78 is 0.994. The van der Waals surface area contributed by atoms with Crippen molar-refractivity contribution in [2.24, 2.45) is 0 Å². The molecule has 1 aromatic heterocycles. The first-order valence-electron chi connectivity index (χ1n) is 7.75. The summed E-state index contributed by atoms with van der Waals surface area (Å²) in [5.41, 5.74) is 2.06. The number of rotatable bonds is 9. The molecule has 6 heteroatoms. The van der Waals surface area contributed by atoms with Crippen LogP contribution in [0.2, 0.25) is 5.02 Å². The van der Waals surface area contributed by atoms with Crippen molar-refractivity contribution in [1.82, 2.24) is 10.3 Å². The number of unbranched alkanes of at least 4 members (excludes halogenated alkanes) is 2. The molecule has 0 aliphatic carbocycles. The molecule has 0 spiro atoms. The largest absolute Gasteiger partial charge is 0.356 e. The lowest BCUT2D eigenvalue weighted by atomic mass is 10.2. The molecule has 1 N–H and O–H groups in total. The Morgan fingerprint density at radius 2 is 2.09 bits per heavy atom. The number of thiazole rings is 1. The monoisotopic (exact) mass is 368 g/mol. The Kier molecular flexibility index (Phi) is 7.92. The van der Waals surface area contributed by atoms with Crippen LogP contribution in [0.15, 0.2) is 34.0 Å². The average Bonchev–Trinajstić information content (AvgIpc) is 2.98. The molecule has 1 amide bonds. The third-order valence-corrected chi connectivity index (χ3v) is 5.64. The Hall–Kier alpha value is -1.04. The first kappa shape index (κ1) is 18.3. The molecule has 1 aromatic carbocycles. The zero-order chi connectivity index (χ0) is 16.5. The van der Waals surface area contributed by atoms with Crippen molar-refractivity contribution in [1.29, 1.82) is 0 Å². The fraction of sp³-hybridized carbons (Fsp3) is 0.412. The van der Waals surface area contributed by atoms with E-state index in [0.29, 0.717) is 6.42 Å². The summed E-state index contributed by atoms with van der Waals surface area (Å²) in [7, 11) is 0. The van der Waals surface area contributed by atoms with E-state index < -0.39 is 0 Å². The van der Waals surface area contributed by atoms with E-state index in [9.17, 15) is 4.79 Å². The number of carbonyl (C=O) groups excluding carboxylic acids is 1. The molecule has 0 saturated carbocycles. The van der Waals surface area contributed by atoms with Crippen molar-refractivity contribution in [3.8, 4) is 0 Å². The van der Waals surface area contributed by atoms with E-state index in [2.05, 4.69) is 17.2 Å². The standard InChI is InChI=1S/C17H21ClN2OS2/c1-2-3-4-9-19-16(21)10-15-12-23-17(20-15)22-11-13-5-7-14(18)8-6-13/h5-8,12H,2-4,9-11H2,1H3,(H,19,21). The minimum atomic E-state index is 0.0562. The van der Waals surface area contributed by atoms with E-state index >= 15 is 0 Å². The van der Waals surface area contributed by atoms with Gasteiger partial charge in [0.05, 0.1) is 12.1 Å². The summed E-state index contributed by atoms with van der Waals surface area (Å²) in [5.74, 6) is 0.911. The Morgan fingerprint density at radius 3 is 2.83 bits per heavy atom. The third kappa shape index (κ3) is 6.94. The van der Waals surface area contributed by atoms with Crippen LogP contribution >= 0.6 is 34.7 Å². The molecule has 2 rings (SSSR count). The highest BCUT2D eigenvalue weighted by molar-refractivity contribution is 8.00. The number of halogens is 1. The third-order valence-electron chi connectivity index (χ3n) is 3.25. The van der Waals surface area contributed by atoms with Crippen molar-refractivity contribution >= 4 is 40.6 Å². The maximum absolute atomic E-state index is 11.8. The van der Waals surface area contributed by atoms with Gasteiger partial charge in [-0.1, -0.05) is 55.3 Å². The number of nitrogens with zero attached hydrogens (tertiary/aromatic N) is 1.